The van der Waals surface area contributed by atoms with Crippen molar-refractivity contribution in [1.29, 1.82) is 0 Å². The summed E-state index contributed by atoms with van der Waals surface area (Å²) in [7, 11) is 0. The second-order valence-corrected chi connectivity index (χ2v) is 5.42. The molecule has 0 saturated carbocycles. The third-order valence-electron chi connectivity index (χ3n) is 3.33. The molecular weight excluding hydrogens is 254 g/mol. The van der Waals surface area contributed by atoms with Crippen LogP contribution < -0.4 is 16.4 Å². The standard InChI is InChI=1S/C12H23N3O2.ClH/c1-12(2,11(13)17)8-15-10(16)7-9-3-5-14-6-4-9;/h9,14H,3-8H2,1-2H3,(H2,13,17)(H,15,16);1H. The fraction of sp³-hybridized carbons (Fsp3) is 0.833. The summed E-state index contributed by atoms with van der Waals surface area (Å²) in [6.07, 6.45) is 2.65. The predicted octanol–water partition coefficient (Wildman–Crippen LogP) is 0.426. The maximum Gasteiger partial charge on any atom is 0.224 e. The van der Waals surface area contributed by atoms with E-state index >= 15 is 0 Å². The quantitative estimate of drug-likeness (QED) is 0.681. The van der Waals surface area contributed by atoms with Gasteiger partial charge in [-0.25, -0.2) is 0 Å². The van der Waals surface area contributed by atoms with Crippen LogP contribution in [0.1, 0.15) is 33.1 Å². The predicted molar refractivity (Wildman–Crippen MR) is 73.4 cm³/mol. The van der Waals surface area contributed by atoms with Crippen LogP contribution in [-0.4, -0.2) is 31.4 Å². The summed E-state index contributed by atoms with van der Waals surface area (Å²) in [6.45, 7) is 5.77. The van der Waals surface area contributed by atoms with Gasteiger partial charge in [0, 0.05) is 13.0 Å². The van der Waals surface area contributed by atoms with Crippen LogP contribution in [0.3, 0.4) is 0 Å². The van der Waals surface area contributed by atoms with Crippen LogP contribution in [0.2, 0.25) is 0 Å². The number of halogens is 1. The van der Waals surface area contributed by atoms with Crippen molar-refractivity contribution in [3.8, 4) is 0 Å². The summed E-state index contributed by atoms with van der Waals surface area (Å²) in [5, 5.41) is 6.06. The van der Waals surface area contributed by atoms with Crippen molar-refractivity contribution in [2.24, 2.45) is 17.1 Å². The molecule has 0 spiro atoms. The third kappa shape index (κ3) is 5.69. The Labute approximate surface area is 115 Å². The van der Waals surface area contributed by atoms with Crippen LogP contribution in [-0.2, 0) is 9.59 Å². The Morgan fingerprint density at radius 2 is 1.89 bits per heavy atom. The molecule has 0 unspecified atom stereocenters. The first kappa shape index (κ1) is 17.2. The van der Waals surface area contributed by atoms with Crippen LogP contribution in [0.4, 0.5) is 0 Å². The molecule has 1 rings (SSSR count). The minimum absolute atomic E-state index is 0. The van der Waals surface area contributed by atoms with Gasteiger partial charge in [-0.05, 0) is 45.7 Å². The molecule has 18 heavy (non-hydrogen) atoms. The largest absolute Gasteiger partial charge is 0.369 e. The topological polar surface area (TPSA) is 84.2 Å². The van der Waals surface area contributed by atoms with Gasteiger partial charge in [-0.15, -0.1) is 12.4 Å². The maximum absolute atomic E-state index is 11.7. The Balaban J connectivity index is 0.00000289. The fourth-order valence-corrected chi connectivity index (χ4v) is 1.83. The third-order valence-corrected chi connectivity index (χ3v) is 3.33. The molecule has 4 N–H and O–H groups in total. The molecule has 1 heterocycles. The van der Waals surface area contributed by atoms with Gasteiger partial charge >= 0.3 is 0 Å². The van der Waals surface area contributed by atoms with Crippen molar-refractivity contribution in [2.75, 3.05) is 19.6 Å². The number of primary amides is 1. The van der Waals surface area contributed by atoms with E-state index in [1.165, 1.54) is 0 Å². The average Bonchev–Trinajstić information content (AvgIpc) is 2.28. The van der Waals surface area contributed by atoms with Crippen molar-refractivity contribution >= 4 is 24.2 Å². The minimum Gasteiger partial charge on any atom is -0.369 e. The summed E-state index contributed by atoms with van der Waals surface area (Å²) in [5.41, 5.74) is 4.57. The number of piperidine rings is 1. The van der Waals surface area contributed by atoms with E-state index in [1.54, 1.807) is 13.8 Å². The number of nitrogens with two attached hydrogens (primary N) is 1. The molecule has 0 bridgehead atoms. The van der Waals surface area contributed by atoms with Crippen LogP contribution >= 0.6 is 12.4 Å². The Kier molecular flexibility index (Phi) is 7.25. The maximum atomic E-state index is 11.7. The van der Waals surface area contributed by atoms with Crippen LogP contribution in [0.25, 0.3) is 0 Å². The molecule has 0 aromatic carbocycles. The average molecular weight is 278 g/mol. The molecule has 1 aliphatic heterocycles. The van der Waals surface area contributed by atoms with Crippen LogP contribution in [0, 0.1) is 11.3 Å². The summed E-state index contributed by atoms with van der Waals surface area (Å²) in [4.78, 5) is 22.8. The number of carbonyl (C=O) groups excluding carboxylic acids is 2. The highest BCUT2D eigenvalue weighted by molar-refractivity contribution is 5.85. The molecule has 0 aromatic heterocycles. The Morgan fingerprint density at radius 3 is 2.39 bits per heavy atom. The van der Waals surface area contributed by atoms with Gasteiger partial charge in [-0.2, -0.15) is 0 Å². The molecule has 6 heteroatoms. The van der Waals surface area contributed by atoms with E-state index in [9.17, 15) is 9.59 Å². The number of nitrogens with one attached hydrogen (secondary N) is 2. The Bertz CT molecular complexity index is 289. The molecule has 0 aromatic rings. The first-order valence-corrected chi connectivity index (χ1v) is 6.19. The molecule has 5 nitrogen and oxygen atoms in total. The van der Waals surface area contributed by atoms with Gasteiger partial charge < -0.3 is 16.4 Å². The lowest BCUT2D eigenvalue weighted by Gasteiger charge is -2.24. The lowest BCUT2D eigenvalue weighted by atomic mass is 9.91. The number of rotatable bonds is 5. The zero-order valence-corrected chi connectivity index (χ0v) is 11.9. The summed E-state index contributed by atoms with van der Waals surface area (Å²) < 4.78 is 0. The van der Waals surface area contributed by atoms with Gasteiger partial charge in [0.1, 0.15) is 0 Å². The molecule has 0 radical (unpaired) electrons. The van der Waals surface area contributed by atoms with Crippen molar-refractivity contribution in [1.82, 2.24) is 10.6 Å². The second-order valence-electron chi connectivity index (χ2n) is 5.42. The van der Waals surface area contributed by atoms with Gasteiger partial charge in [0.15, 0.2) is 0 Å². The number of carbonyl (C=O) groups is 2. The summed E-state index contributed by atoms with van der Waals surface area (Å²) in [5.74, 6) is 0.0961. The van der Waals surface area contributed by atoms with Gasteiger partial charge in [-0.3, -0.25) is 9.59 Å². The molecule has 1 fully saturated rings. The lowest BCUT2D eigenvalue weighted by Crippen LogP contribution is -2.43. The van der Waals surface area contributed by atoms with E-state index in [1.807, 2.05) is 0 Å². The smallest absolute Gasteiger partial charge is 0.224 e. The first-order valence-electron chi connectivity index (χ1n) is 6.19. The van der Waals surface area contributed by atoms with Crippen molar-refractivity contribution in [2.45, 2.75) is 33.1 Å². The number of hydrogen-bond acceptors (Lipinski definition) is 3. The highest BCUT2D eigenvalue weighted by atomic mass is 35.5. The van der Waals surface area contributed by atoms with E-state index in [0.717, 1.165) is 25.9 Å². The summed E-state index contributed by atoms with van der Waals surface area (Å²) in [6, 6.07) is 0. The van der Waals surface area contributed by atoms with Crippen molar-refractivity contribution in [3.05, 3.63) is 0 Å². The van der Waals surface area contributed by atoms with Crippen LogP contribution in [0.15, 0.2) is 0 Å². The van der Waals surface area contributed by atoms with E-state index < -0.39 is 5.41 Å². The monoisotopic (exact) mass is 277 g/mol. The van der Waals surface area contributed by atoms with Gasteiger partial charge in [0.2, 0.25) is 11.8 Å². The highest BCUT2D eigenvalue weighted by Gasteiger charge is 2.26. The number of amides is 2. The van der Waals surface area contributed by atoms with Crippen LogP contribution in [0.5, 0.6) is 0 Å². The van der Waals surface area contributed by atoms with Gasteiger partial charge in [0.25, 0.3) is 0 Å². The molecule has 0 aliphatic carbocycles. The first-order chi connectivity index (χ1) is 7.92. The van der Waals surface area contributed by atoms with Crippen molar-refractivity contribution in [3.63, 3.8) is 0 Å². The molecule has 106 valence electrons. The number of hydrogen-bond donors (Lipinski definition) is 3. The van der Waals surface area contributed by atoms with Crippen molar-refractivity contribution < 1.29 is 9.59 Å². The second kappa shape index (κ2) is 7.59. The summed E-state index contributed by atoms with van der Waals surface area (Å²) >= 11 is 0. The molecule has 1 saturated heterocycles. The van der Waals surface area contributed by atoms with E-state index in [-0.39, 0.29) is 24.2 Å². The van der Waals surface area contributed by atoms with E-state index in [4.69, 9.17) is 5.73 Å². The molecular formula is C12H24ClN3O2. The van der Waals surface area contributed by atoms with E-state index in [2.05, 4.69) is 10.6 Å². The zero-order valence-electron chi connectivity index (χ0n) is 11.1. The molecule has 2 amide bonds. The molecule has 1 aliphatic rings. The Morgan fingerprint density at radius 1 is 1.33 bits per heavy atom. The van der Waals surface area contributed by atoms with E-state index in [0.29, 0.717) is 18.9 Å². The van der Waals surface area contributed by atoms with Gasteiger partial charge in [0.05, 0.1) is 5.41 Å². The fourth-order valence-electron chi connectivity index (χ4n) is 1.83. The SMILES string of the molecule is CC(C)(CNC(=O)CC1CCNCC1)C(N)=O.Cl. The lowest BCUT2D eigenvalue weighted by molar-refractivity contribution is -0.127. The van der Waals surface area contributed by atoms with Gasteiger partial charge in [-0.1, -0.05) is 0 Å². The minimum atomic E-state index is -0.677. The zero-order chi connectivity index (χ0) is 12.9. The Hall–Kier alpha value is -0.810. The molecule has 0 atom stereocenters. The normalized spacial score (nSPS) is 16.8. The highest BCUT2D eigenvalue weighted by Crippen LogP contribution is 2.16.